The van der Waals surface area contributed by atoms with E-state index in [1.807, 2.05) is 19.9 Å². The van der Waals surface area contributed by atoms with Crippen molar-refractivity contribution in [2.24, 2.45) is 0 Å². The summed E-state index contributed by atoms with van der Waals surface area (Å²) >= 11 is 0. The molecule has 1 aromatic heterocycles. The van der Waals surface area contributed by atoms with Gasteiger partial charge >= 0.3 is 0 Å². The highest BCUT2D eigenvalue weighted by Crippen LogP contribution is 2.34. The van der Waals surface area contributed by atoms with E-state index < -0.39 is 15.6 Å². The summed E-state index contributed by atoms with van der Waals surface area (Å²) in [5, 5.41) is 23.4. The lowest BCUT2D eigenvalue weighted by molar-refractivity contribution is 0.0194. The lowest BCUT2D eigenvalue weighted by Gasteiger charge is -2.19. The highest BCUT2D eigenvalue weighted by molar-refractivity contribution is 7.89. The van der Waals surface area contributed by atoms with Gasteiger partial charge in [0, 0.05) is 18.9 Å². The van der Waals surface area contributed by atoms with Crippen LogP contribution in [0.2, 0.25) is 0 Å². The molecule has 0 amide bonds. The van der Waals surface area contributed by atoms with Crippen molar-refractivity contribution in [2.45, 2.75) is 43.1 Å². The average molecular weight is 376 g/mol. The van der Waals surface area contributed by atoms with Crippen molar-refractivity contribution < 1.29 is 18.0 Å². The third kappa shape index (κ3) is 3.35. The number of hydrogen-bond acceptors (Lipinski definition) is 7. The van der Waals surface area contributed by atoms with E-state index in [9.17, 15) is 13.5 Å². The first-order valence-corrected chi connectivity index (χ1v) is 9.73. The summed E-state index contributed by atoms with van der Waals surface area (Å²) in [6, 6.07) is 8.20. The molecule has 1 N–H and O–H groups in total. The van der Waals surface area contributed by atoms with Crippen molar-refractivity contribution in [1.29, 1.82) is 5.26 Å². The summed E-state index contributed by atoms with van der Waals surface area (Å²) in [6.45, 7) is 3.81. The maximum absolute atomic E-state index is 12.8. The Morgan fingerprint density at radius 1 is 1.38 bits per heavy atom. The van der Waals surface area contributed by atoms with E-state index in [2.05, 4.69) is 10.1 Å². The molecule has 2 aromatic rings. The number of aliphatic hydroxyl groups is 1. The van der Waals surface area contributed by atoms with E-state index in [-0.39, 0.29) is 42.6 Å². The number of benzene rings is 1. The van der Waals surface area contributed by atoms with Crippen molar-refractivity contribution in [3.8, 4) is 6.07 Å². The van der Waals surface area contributed by atoms with Crippen LogP contribution in [0.25, 0.3) is 0 Å². The van der Waals surface area contributed by atoms with E-state index in [0.717, 1.165) is 5.56 Å². The van der Waals surface area contributed by atoms with E-state index in [4.69, 9.17) is 9.78 Å². The summed E-state index contributed by atoms with van der Waals surface area (Å²) in [6.07, 6.45) is 0.400. The van der Waals surface area contributed by atoms with Gasteiger partial charge in [0.25, 0.3) is 5.89 Å². The molecule has 1 fully saturated rings. The van der Waals surface area contributed by atoms with E-state index in [0.29, 0.717) is 5.82 Å². The van der Waals surface area contributed by atoms with Gasteiger partial charge in [-0.05, 0) is 17.7 Å². The van der Waals surface area contributed by atoms with Gasteiger partial charge in [-0.3, -0.25) is 0 Å². The van der Waals surface area contributed by atoms with Gasteiger partial charge in [-0.25, -0.2) is 8.42 Å². The molecule has 138 valence electrons. The van der Waals surface area contributed by atoms with Gasteiger partial charge in [-0.1, -0.05) is 31.1 Å². The zero-order valence-electron chi connectivity index (χ0n) is 14.6. The van der Waals surface area contributed by atoms with Crippen LogP contribution in [-0.4, -0.2) is 41.1 Å². The van der Waals surface area contributed by atoms with Crippen LogP contribution in [0.4, 0.5) is 0 Å². The summed E-state index contributed by atoms with van der Waals surface area (Å²) < 4.78 is 32.0. The largest absolute Gasteiger partial charge is 0.379 e. The van der Waals surface area contributed by atoms with Crippen LogP contribution in [0, 0.1) is 11.3 Å². The van der Waals surface area contributed by atoms with Gasteiger partial charge in [0.15, 0.2) is 11.4 Å². The normalized spacial score (nSPS) is 21.2. The number of hydrogen-bond donors (Lipinski definition) is 1. The minimum absolute atomic E-state index is 0.0447. The maximum Gasteiger partial charge on any atom is 0.260 e. The first-order chi connectivity index (χ1) is 12.3. The molecule has 3 rings (SSSR count). The van der Waals surface area contributed by atoms with Crippen molar-refractivity contribution in [3.05, 3.63) is 41.5 Å². The SMILES string of the molecule is CC(C)c1noc([C@]2(O)CCN(S(=O)(=O)c3ccc(CC#N)cc3)C2)n1. The summed E-state index contributed by atoms with van der Waals surface area (Å²) in [4.78, 5) is 4.33. The number of nitrogens with zero attached hydrogens (tertiary/aromatic N) is 4. The first-order valence-electron chi connectivity index (χ1n) is 8.29. The Bertz CT molecular complexity index is 930. The van der Waals surface area contributed by atoms with Crippen molar-refractivity contribution in [1.82, 2.24) is 14.4 Å². The van der Waals surface area contributed by atoms with Crippen molar-refractivity contribution >= 4 is 10.0 Å². The fourth-order valence-electron chi connectivity index (χ4n) is 2.82. The number of rotatable bonds is 5. The zero-order chi connectivity index (χ0) is 18.9. The van der Waals surface area contributed by atoms with Crippen LogP contribution in [0.3, 0.4) is 0 Å². The summed E-state index contributed by atoms with van der Waals surface area (Å²) in [7, 11) is -3.76. The second-order valence-corrected chi connectivity index (χ2v) is 8.65. The molecular formula is C17H20N4O4S. The predicted octanol–water partition coefficient (Wildman–Crippen LogP) is 1.54. The van der Waals surface area contributed by atoms with Crippen LogP contribution in [-0.2, 0) is 22.0 Å². The smallest absolute Gasteiger partial charge is 0.260 e. The quantitative estimate of drug-likeness (QED) is 0.840. The molecule has 1 saturated heterocycles. The van der Waals surface area contributed by atoms with Crippen molar-refractivity contribution in [3.63, 3.8) is 0 Å². The Morgan fingerprint density at radius 2 is 2.08 bits per heavy atom. The third-order valence-electron chi connectivity index (χ3n) is 4.41. The topological polar surface area (TPSA) is 120 Å². The number of aromatic nitrogens is 2. The predicted molar refractivity (Wildman–Crippen MR) is 91.4 cm³/mol. The second kappa shape index (κ2) is 6.79. The van der Waals surface area contributed by atoms with Gasteiger partial charge in [-0.15, -0.1) is 0 Å². The molecule has 0 radical (unpaired) electrons. The zero-order valence-corrected chi connectivity index (χ0v) is 15.4. The third-order valence-corrected chi connectivity index (χ3v) is 6.27. The average Bonchev–Trinajstić information content (AvgIpc) is 3.24. The molecule has 1 aromatic carbocycles. The molecule has 8 nitrogen and oxygen atoms in total. The van der Waals surface area contributed by atoms with Crippen LogP contribution in [0.15, 0.2) is 33.7 Å². The molecule has 0 saturated carbocycles. The molecule has 1 aliphatic heterocycles. The maximum atomic E-state index is 12.8. The Hall–Kier alpha value is -2.28. The Morgan fingerprint density at radius 3 is 2.65 bits per heavy atom. The molecule has 2 heterocycles. The molecule has 0 unspecified atom stereocenters. The molecular weight excluding hydrogens is 356 g/mol. The lowest BCUT2D eigenvalue weighted by Crippen LogP contribution is -2.34. The number of nitriles is 1. The molecule has 1 aliphatic rings. The van der Waals surface area contributed by atoms with E-state index >= 15 is 0 Å². The van der Waals surface area contributed by atoms with E-state index in [1.165, 1.54) is 16.4 Å². The Labute approximate surface area is 152 Å². The fraction of sp³-hybridized carbons (Fsp3) is 0.471. The molecule has 1 atom stereocenters. The Balaban J connectivity index is 1.81. The van der Waals surface area contributed by atoms with Gasteiger partial charge in [0.1, 0.15) is 0 Å². The minimum Gasteiger partial charge on any atom is -0.379 e. The molecule has 9 heteroatoms. The second-order valence-electron chi connectivity index (χ2n) is 6.71. The van der Waals surface area contributed by atoms with Gasteiger partial charge in [-0.2, -0.15) is 14.6 Å². The Kier molecular flexibility index (Phi) is 4.84. The van der Waals surface area contributed by atoms with Crippen molar-refractivity contribution in [2.75, 3.05) is 13.1 Å². The number of β-amino-alcohol motifs (C(OH)–C–C–N with tert-alkyl or cyclic N) is 1. The summed E-state index contributed by atoms with van der Waals surface area (Å²) in [5.74, 6) is 0.565. The van der Waals surface area contributed by atoms with Crippen LogP contribution in [0.5, 0.6) is 0 Å². The highest BCUT2D eigenvalue weighted by Gasteiger charge is 2.46. The van der Waals surface area contributed by atoms with Gasteiger partial charge in [0.05, 0.1) is 23.9 Å². The highest BCUT2D eigenvalue weighted by atomic mass is 32.2. The van der Waals surface area contributed by atoms with Gasteiger partial charge in [0.2, 0.25) is 10.0 Å². The van der Waals surface area contributed by atoms with Crippen LogP contribution < -0.4 is 0 Å². The molecule has 0 spiro atoms. The molecule has 0 bridgehead atoms. The van der Waals surface area contributed by atoms with E-state index in [1.54, 1.807) is 12.1 Å². The standard InChI is InChI=1S/C17H20N4O4S/c1-12(2)15-19-16(25-20-15)17(22)8-10-21(11-17)26(23,24)14-5-3-13(4-6-14)7-9-18/h3-6,12,22H,7-8,10-11H2,1-2H3/t17-/m0/s1. The monoisotopic (exact) mass is 376 g/mol. The number of sulfonamides is 1. The molecule has 26 heavy (non-hydrogen) atoms. The van der Waals surface area contributed by atoms with Gasteiger partial charge < -0.3 is 9.63 Å². The lowest BCUT2D eigenvalue weighted by atomic mass is 10.0. The minimum atomic E-state index is -3.76. The van der Waals surface area contributed by atoms with Crippen LogP contribution >= 0.6 is 0 Å². The first kappa shape index (κ1) is 18.5. The van der Waals surface area contributed by atoms with Crippen LogP contribution in [0.1, 0.15) is 43.5 Å². The molecule has 0 aliphatic carbocycles. The fourth-order valence-corrected chi connectivity index (χ4v) is 4.31. The summed E-state index contributed by atoms with van der Waals surface area (Å²) in [5.41, 5.74) is -0.745.